The molecule has 0 saturated heterocycles. The van der Waals surface area contributed by atoms with Gasteiger partial charge >= 0.3 is 29.1 Å². The summed E-state index contributed by atoms with van der Waals surface area (Å²) in [7, 11) is 0. The lowest BCUT2D eigenvalue weighted by molar-refractivity contribution is -0.111. The summed E-state index contributed by atoms with van der Waals surface area (Å²) in [4.78, 5) is 108. The molecule has 7 rings (SSSR count). The largest absolute Gasteiger partial charge is 0.382 e. The fraction of sp³-hybridized carbons (Fsp3) is 0.0426. The van der Waals surface area contributed by atoms with Crippen LogP contribution in [0.3, 0.4) is 0 Å². The number of aromatic nitrogens is 14. The molecule has 390 valence electrons. The minimum absolute atomic E-state index is 0. The van der Waals surface area contributed by atoms with Crippen molar-refractivity contribution in [3.05, 3.63) is 118 Å². The third-order valence-corrected chi connectivity index (χ3v) is 7.18. The van der Waals surface area contributed by atoms with E-state index in [2.05, 4.69) is 209 Å². The molecule has 1 amide bonds. The van der Waals surface area contributed by atoms with Gasteiger partial charge in [0.1, 0.15) is 23.2 Å². The van der Waals surface area contributed by atoms with Crippen molar-refractivity contribution >= 4 is 67.7 Å². The maximum atomic E-state index is 12.4. The number of fused-ring (bicyclic) bond motifs is 2. The van der Waals surface area contributed by atoms with E-state index in [0.29, 0.717) is 33.6 Å². The first kappa shape index (κ1) is 54.5. The molecule has 7 heterocycles. The van der Waals surface area contributed by atoms with E-state index in [1.807, 2.05) is 0 Å². The second-order valence-electron chi connectivity index (χ2n) is 11.8. The van der Waals surface area contributed by atoms with Gasteiger partial charge in [0.05, 0.1) is 18.2 Å². The molecule has 0 unspecified atom stereocenters. The lowest BCUT2D eigenvalue weighted by atomic mass is 10.3. The van der Waals surface area contributed by atoms with Crippen LogP contribution in [0.5, 0.6) is 0 Å². The Morgan fingerprint density at radius 2 is 1.18 bits per heavy atom. The van der Waals surface area contributed by atoms with Gasteiger partial charge in [0.25, 0.3) is 11.1 Å². The summed E-state index contributed by atoms with van der Waals surface area (Å²) in [5.41, 5.74) is 11.5. The summed E-state index contributed by atoms with van der Waals surface area (Å²) in [6.07, 6.45) is 8.96. The van der Waals surface area contributed by atoms with Crippen molar-refractivity contribution < 1.29 is 37.7 Å². The third kappa shape index (κ3) is 21.4. The fourth-order valence-electron chi connectivity index (χ4n) is 3.95. The molecule has 25 heteroatoms. The van der Waals surface area contributed by atoms with E-state index in [0.717, 1.165) is 0 Å². The zero-order valence-corrected chi connectivity index (χ0v) is 38.3. The Kier molecular flexibility index (Phi) is 23.6. The van der Waals surface area contributed by atoms with Gasteiger partial charge in [-0.3, -0.25) is 29.3 Å². The fourth-order valence-corrected chi connectivity index (χ4v) is 4.23. The average molecular weight is 1070 g/mol. The Hall–Kier alpha value is -11.8. The summed E-state index contributed by atoms with van der Waals surface area (Å²) < 4.78 is 12.4. The maximum absolute atomic E-state index is 12.4. The molecule has 7 aromatic rings. The number of H-pyrrole nitrogens is 7. The predicted molar refractivity (Wildman–Crippen MR) is 309 cm³/mol. The van der Waals surface area contributed by atoms with Crippen LogP contribution < -0.4 is 45.0 Å². The first-order chi connectivity index (χ1) is 34.8. The minimum Gasteiger partial charge on any atom is -0.382 e. The van der Waals surface area contributed by atoms with Gasteiger partial charge in [-0.25, -0.2) is 39.3 Å². The number of amides is 1. The number of nitrogen functional groups attached to an aromatic ring is 2. The molecule has 0 spiro atoms. The molecule has 72 heavy (non-hydrogen) atoms. The van der Waals surface area contributed by atoms with Crippen LogP contribution >= 0.6 is 15.9 Å². The van der Waals surface area contributed by atoms with E-state index in [4.69, 9.17) is 11.5 Å². The van der Waals surface area contributed by atoms with Crippen LogP contribution in [-0.4, -0.2) is 75.7 Å². The zero-order chi connectivity index (χ0) is 52.4. The minimum atomic E-state index is -0.859. The van der Waals surface area contributed by atoms with Crippen molar-refractivity contribution in [2.24, 2.45) is 0 Å². The van der Waals surface area contributed by atoms with E-state index >= 15 is 0 Å². The Morgan fingerprint density at radius 3 is 1.69 bits per heavy atom. The van der Waals surface area contributed by atoms with Crippen molar-refractivity contribution in [2.75, 3.05) is 16.8 Å². The van der Waals surface area contributed by atoms with E-state index in [-0.39, 0.29) is 51.4 Å². The maximum Gasteiger partial charge on any atom is 0.346 e. The lowest BCUT2D eigenvalue weighted by Crippen LogP contribution is -2.22. The molecule has 0 aliphatic heterocycles. The van der Waals surface area contributed by atoms with Gasteiger partial charge in [-0.1, -0.05) is 21.9 Å². The van der Waals surface area contributed by atoms with Crippen molar-refractivity contribution in [1.29, 1.82) is 0 Å². The van der Waals surface area contributed by atoms with Crippen LogP contribution in [0.4, 0.5) is 21.8 Å². The number of nitrogens with one attached hydrogen (secondary N) is 8. The molecule has 23 nitrogen and oxygen atoms in total. The molecule has 0 bridgehead atoms. The van der Waals surface area contributed by atoms with Crippen molar-refractivity contribution in [3.8, 4) is 118 Å². The Balaban J connectivity index is -0.0000000479. The highest BCUT2D eigenvalue weighted by Crippen LogP contribution is 2.11. The van der Waals surface area contributed by atoms with Gasteiger partial charge in [0.2, 0.25) is 0 Å². The number of rotatable bonds is 2. The van der Waals surface area contributed by atoms with Crippen molar-refractivity contribution in [2.45, 2.75) is 13.8 Å². The number of halogens is 2. The van der Waals surface area contributed by atoms with E-state index in [1.54, 1.807) is 13.8 Å². The standard InChI is InChI=1S/C26H7N3O2.C6H5BrN2O2.C5H4FN5.C5H5N5.C5H6N2O2.20H2/c1-2-3-4-5-6-7-8-9-10-11-12-13-14-15-16-17-18-19-20-21-25(30)28-24-22-23-27-26(31)29-24;7-2-1-4-3-8-6(11)9-5(4)10;6-5-10-3(7)2-4(11-5)9-1-8-2;6-4-3-5(9-1-7-3)10-2-8-4;1-3-2-6-5(9)7-4(3)8;;;;;;;;;;;;;;;;;;;;/h22-23H,1H3,(H2,27,28,29,30,31);1-3H,(H2,8,9,10,11);1H,(H3,7,8,9,10,11);1-2H,(H3,6,7,8,9,10);2H,1H3,(H2,6,7,8,9);20*1H/b;2-1+;;;;;;;;;;;;;;;;;;;;;;;. The van der Waals surface area contributed by atoms with Gasteiger partial charge < -0.3 is 36.7 Å². The number of anilines is 3. The summed E-state index contributed by atoms with van der Waals surface area (Å²) in [6.45, 7) is 3.30. The summed E-state index contributed by atoms with van der Waals surface area (Å²) in [5, 5.41) is 2.36. The Labute approximate surface area is 441 Å². The molecule has 12 N–H and O–H groups in total. The van der Waals surface area contributed by atoms with Gasteiger partial charge in [-0.15, -0.1) is 0 Å². The van der Waals surface area contributed by atoms with Crippen LogP contribution in [0, 0.1) is 131 Å². The number of aromatic amines is 7. The smallest absolute Gasteiger partial charge is 0.346 e. The molecule has 0 aromatic carbocycles. The zero-order valence-electron chi connectivity index (χ0n) is 36.7. The number of carbonyl (C=O) groups excluding carboxylic acids is 1. The Bertz CT molecular complexity index is 4190. The van der Waals surface area contributed by atoms with Crippen molar-refractivity contribution in [1.82, 2.24) is 69.8 Å². The van der Waals surface area contributed by atoms with Gasteiger partial charge in [-0.05, 0) is 126 Å². The average Bonchev–Trinajstić information content (AvgIpc) is 4.04. The number of imidazole rings is 2. The summed E-state index contributed by atoms with van der Waals surface area (Å²) in [6, 6.07) is 1.41. The van der Waals surface area contributed by atoms with Crippen LogP contribution in [0.25, 0.3) is 28.4 Å². The van der Waals surface area contributed by atoms with Crippen LogP contribution in [0.15, 0.2) is 72.6 Å². The van der Waals surface area contributed by atoms with Crippen molar-refractivity contribution in [3.63, 3.8) is 0 Å². The van der Waals surface area contributed by atoms with Crippen LogP contribution in [-0.2, 0) is 4.79 Å². The van der Waals surface area contributed by atoms with E-state index in [1.165, 1.54) is 54.7 Å². The molecule has 0 aliphatic rings. The SMILES string of the molecule is CC#CC#CC#CC#CC#CC#CC#CC#CC#CC#CC(=O)Nc1ccnc(=O)[nH]1.Cc1c[nH]c(=O)[nH]c1=O.Nc1nc(F)nc2nc[nH]c12.Nc1ncnc2nc[nH]c12.O=c1[nH]cc(/C=C/Br)c(=O)[nH]1.[HH].[HH].[HH].[HH].[HH].[HH].[HH].[HH].[HH].[HH].[HH].[HH].[HH].[HH].[HH].[HH].[HH].[HH].[HH].[HH]. The number of hydrogen-bond donors (Lipinski definition) is 10. The molecular formula is C47H67BrFN17O6. The highest BCUT2D eigenvalue weighted by Gasteiger charge is 2.05. The lowest BCUT2D eigenvalue weighted by Gasteiger charge is -1.97. The molecule has 0 saturated carbocycles. The molecule has 0 aliphatic carbocycles. The molecule has 0 atom stereocenters. The summed E-state index contributed by atoms with van der Waals surface area (Å²) in [5.74, 6) is 49.2. The first-order valence-corrected chi connectivity index (χ1v) is 19.9. The van der Waals surface area contributed by atoms with Gasteiger partial charge in [0, 0.05) is 70.4 Å². The molecule has 0 radical (unpaired) electrons. The van der Waals surface area contributed by atoms with E-state index < -0.39 is 34.6 Å². The summed E-state index contributed by atoms with van der Waals surface area (Å²) >= 11 is 3.01. The van der Waals surface area contributed by atoms with E-state index in [9.17, 15) is 33.2 Å². The highest BCUT2D eigenvalue weighted by molar-refractivity contribution is 9.11. The van der Waals surface area contributed by atoms with Crippen LogP contribution in [0.1, 0.15) is 46.6 Å². The normalized spacial score (nSPS) is 8.39. The quantitative estimate of drug-likeness (QED) is 0.0842. The second-order valence-corrected chi connectivity index (χ2v) is 12.3. The molecule has 7 aromatic heterocycles. The van der Waals surface area contributed by atoms with Gasteiger partial charge in [-0.2, -0.15) is 14.4 Å². The highest BCUT2D eigenvalue weighted by atomic mass is 79.9. The number of aryl methyl sites for hydroxylation is 1. The predicted octanol–water partition coefficient (Wildman–Crippen LogP) is 4.49. The second kappa shape index (κ2) is 31.1. The van der Waals surface area contributed by atoms with Crippen LogP contribution in [0.2, 0.25) is 0 Å². The van der Waals surface area contributed by atoms with Gasteiger partial charge in [0.15, 0.2) is 22.9 Å². The number of nitrogens with zero attached hydrogens (tertiary/aromatic N) is 7. The number of carbonyl (C=O) groups is 1. The Morgan fingerprint density at radius 1 is 0.653 bits per heavy atom. The monoisotopic (exact) mass is 1060 g/mol. The first-order valence-electron chi connectivity index (χ1n) is 19.0. The molecular weight excluding hydrogens is 998 g/mol. The third-order valence-electron chi connectivity index (χ3n) is 6.92. The topological polar surface area (TPSA) is 367 Å². The number of nitrogens with two attached hydrogens (primary N) is 2. The molecule has 0 fully saturated rings. The number of hydrogen-bond acceptors (Lipinski definition) is 15.